The molecule has 2 aromatic rings. The fourth-order valence-electron chi connectivity index (χ4n) is 2.68. The molecule has 0 saturated heterocycles. The second-order valence-electron chi connectivity index (χ2n) is 5.68. The first-order valence-electron chi connectivity index (χ1n) is 7.07. The predicted octanol–water partition coefficient (Wildman–Crippen LogP) is 3.39. The average molecular weight is 295 g/mol. The summed E-state index contributed by atoms with van der Waals surface area (Å²) in [4.78, 5) is 6.83. The van der Waals surface area contributed by atoms with Gasteiger partial charge in [0, 0.05) is 30.2 Å². The number of rotatable bonds is 5. The Kier molecular flexibility index (Phi) is 4.55. The van der Waals surface area contributed by atoms with Crippen LogP contribution < -0.4 is 5.73 Å². The van der Waals surface area contributed by atoms with Crippen molar-refractivity contribution in [3.8, 4) is 0 Å². The molecule has 0 aliphatic heterocycles. The fraction of sp³-hybridized carbons (Fsp3) is 0.533. The minimum atomic E-state index is 0.509. The number of imidazole rings is 1. The maximum Gasteiger partial charge on any atom is 0.201 e. The molecule has 0 radical (unpaired) electrons. The van der Waals surface area contributed by atoms with Crippen molar-refractivity contribution >= 4 is 28.6 Å². The van der Waals surface area contributed by atoms with Crippen LogP contribution in [0.3, 0.4) is 0 Å². The van der Waals surface area contributed by atoms with Gasteiger partial charge >= 0.3 is 0 Å². The van der Waals surface area contributed by atoms with Crippen LogP contribution >= 0.6 is 11.6 Å². The molecule has 4 nitrogen and oxygen atoms in total. The molecule has 0 aliphatic carbocycles. The summed E-state index contributed by atoms with van der Waals surface area (Å²) in [6.07, 6.45) is 0. The number of benzene rings is 1. The maximum absolute atomic E-state index is 6.07. The average Bonchev–Trinajstić information content (AvgIpc) is 2.65. The molecule has 1 aromatic heterocycles. The van der Waals surface area contributed by atoms with Crippen molar-refractivity contribution in [2.75, 3.05) is 12.3 Å². The summed E-state index contributed by atoms with van der Waals surface area (Å²) in [6.45, 7) is 10.6. The lowest BCUT2D eigenvalue weighted by Gasteiger charge is -2.30. The van der Waals surface area contributed by atoms with E-state index in [1.807, 2.05) is 22.8 Å². The largest absolute Gasteiger partial charge is 0.369 e. The van der Waals surface area contributed by atoms with Gasteiger partial charge in [0.2, 0.25) is 5.95 Å². The van der Waals surface area contributed by atoms with Gasteiger partial charge in [0.1, 0.15) is 0 Å². The van der Waals surface area contributed by atoms with Gasteiger partial charge in [-0.2, -0.15) is 0 Å². The lowest BCUT2D eigenvalue weighted by molar-refractivity contribution is 0.169. The van der Waals surface area contributed by atoms with Crippen molar-refractivity contribution in [3.63, 3.8) is 0 Å². The van der Waals surface area contributed by atoms with Crippen molar-refractivity contribution in [2.45, 2.75) is 46.3 Å². The monoisotopic (exact) mass is 294 g/mol. The Morgan fingerprint density at radius 1 is 1.25 bits per heavy atom. The molecule has 0 saturated carbocycles. The molecule has 0 fully saturated rings. The first-order valence-corrected chi connectivity index (χ1v) is 7.45. The number of nitrogens with two attached hydrogens (primary N) is 1. The molecule has 0 amide bonds. The van der Waals surface area contributed by atoms with E-state index in [0.717, 1.165) is 24.1 Å². The number of nitrogens with zero attached hydrogens (tertiary/aromatic N) is 3. The van der Waals surface area contributed by atoms with E-state index in [1.54, 1.807) is 0 Å². The summed E-state index contributed by atoms with van der Waals surface area (Å²) < 4.78 is 2.04. The van der Waals surface area contributed by atoms with Crippen LogP contribution in [0.4, 0.5) is 5.95 Å². The van der Waals surface area contributed by atoms with E-state index in [-0.39, 0.29) is 0 Å². The quantitative estimate of drug-likeness (QED) is 0.919. The van der Waals surface area contributed by atoms with E-state index >= 15 is 0 Å². The Labute approximate surface area is 125 Å². The summed E-state index contributed by atoms with van der Waals surface area (Å²) in [6, 6.07) is 6.70. The summed E-state index contributed by atoms with van der Waals surface area (Å²) in [5.41, 5.74) is 7.93. The molecule has 2 N–H and O–H groups in total. The highest BCUT2D eigenvalue weighted by Crippen LogP contribution is 2.22. The lowest BCUT2D eigenvalue weighted by Crippen LogP contribution is -2.39. The van der Waals surface area contributed by atoms with Crippen LogP contribution in [0.2, 0.25) is 5.02 Å². The van der Waals surface area contributed by atoms with Gasteiger partial charge in [0.25, 0.3) is 0 Å². The van der Waals surface area contributed by atoms with Crippen LogP contribution in [-0.4, -0.2) is 33.1 Å². The van der Waals surface area contributed by atoms with Crippen LogP contribution in [0.25, 0.3) is 11.0 Å². The third-order valence-electron chi connectivity index (χ3n) is 3.65. The van der Waals surface area contributed by atoms with Gasteiger partial charge in [-0.25, -0.2) is 4.98 Å². The molecule has 20 heavy (non-hydrogen) atoms. The summed E-state index contributed by atoms with van der Waals surface area (Å²) >= 11 is 6.07. The highest BCUT2D eigenvalue weighted by atomic mass is 35.5. The van der Waals surface area contributed by atoms with Crippen molar-refractivity contribution < 1.29 is 0 Å². The van der Waals surface area contributed by atoms with Crippen LogP contribution in [0.5, 0.6) is 0 Å². The number of anilines is 1. The van der Waals surface area contributed by atoms with E-state index in [9.17, 15) is 0 Å². The smallest absolute Gasteiger partial charge is 0.201 e. The van der Waals surface area contributed by atoms with Crippen LogP contribution in [0.1, 0.15) is 27.7 Å². The summed E-state index contributed by atoms with van der Waals surface area (Å²) in [5, 5.41) is 0.711. The first-order chi connectivity index (χ1) is 9.40. The number of aromatic nitrogens is 2. The molecule has 0 unspecified atom stereocenters. The molecule has 0 atom stereocenters. The third-order valence-corrected chi connectivity index (χ3v) is 3.88. The van der Waals surface area contributed by atoms with Crippen molar-refractivity contribution in [1.29, 1.82) is 0 Å². The molecule has 5 heteroatoms. The highest BCUT2D eigenvalue weighted by molar-refractivity contribution is 6.31. The van der Waals surface area contributed by atoms with E-state index in [4.69, 9.17) is 17.3 Å². The molecule has 1 heterocycles. The summed E-state index contributed by atoms with van der Waals surface area (Å²) in [7, 11) is 0. The van der Waals surface area contributed by atoms with Crippen molar-refractivity contribution in [2.24, 2.45) is 0 Å². The van der Waals surface area contributed by atoms with E-state index in [2.05, 4.69) is 37.6 Å². The standard InChI is InChI=1S/C15H23ClN4/c1-10(2)19(11(3)4)7-8-20-14-9-12(16)5-6-13(14)18-15(20)17/h5-6,9-11H,7-8H2,1-4H3,(H2,17,18). The number of hydrogen-bond acceptors (Lipinski definition) is 3. The van der Waals surface area contributed by atoms with Gasteiger partial charge < -0.3 is 10.3 Å². The number of halogens is 1. The molecule has 0 bridgehead atoms. The van der Waals surface area contributed by atoms with E-state index < -0.39 is 0 Å². The zero-order chi connectivity index (χ0) is 14.9. The van der Waals surface area contributed by atoms with E-state index in [1.165, 1.54) is 0 Å². The van der Waals surface area contributed by atoms with Crippen molar-refractivity contribution in [1.82, 2.24) is 14.5 Å². The van der Waals surface area contributed by atoms with Gasteiger partial charge in [-0.15, -0.1) is 0 Å². The molecule has 2 rings (SSSR count). The molecule has 1 aromatic carbocycles. The zero-order valence-electron chi connectivity index (χ0n) is 12.6. The SMILES string of the molecule is CC(C)N(CCn1c(N)nc2ccc(Cl)cc21)C(C)C. The zero-order valence-corrected chi connectivity index (χ0v) is 13.4. The summed E-state index contributed by atoms with van der Waals surface area (Å²) in [5.74, 6) is 0.551. The first kappa shape index (κ1) is 15.1. The normalized spacial score (nSPS) is 12.2. The second-order valence-corrected chi connectivity index (χ2v) is 6.12. The Balaban J connectivity index is 2.25. The predicted molar refractivity (Wildman–Crippen MR) is 86.1 cm³/mol. The van der Waals surface area contributed by atoms with Crippen LogP contribution in [0, 0.1) is 0 Å². The van der Waals surface area contributed by atoms with Gasteiger partial charge in [-0.1, -0.05) is 11.6 Å². The van der Waals surface area contributed by atoms with E-state index in [0.29, 0.717) is 23.1 Å². The van der Waals surface area contributed by atoms with Crippen molar-refractivity contribution in [3.05, 3.63) is 23.2 Å². The minimum absolute atomic E-state index is 0.509. The third kappa shape index (κ3) is 3.07. The van der Waals surface area contributed by atoms with Gasteiger partial charge in [-0.05, 0) is 45.9 Å². The lowest BCUT2D eigenvalue weighted by atomic mass is 10.2. The van der Waals surface area contributed by atoms with Crippen LogP contribution in [0.15, 0.2) is 18.2 Å². The molecule has 0 spiro atoms. The Morgan fingerprint density at radius 2 is 1.90 bits per heavy atom. The molecular formula is C15H23ClN4. The van der Waals surface area contributed by atoms with Gasteiger partial charge in [0.15, 0.2) is 0 Å². The Hall–Kier alpha value is -1.26. The fourth-order valence-corrected chi connectivity index (χ4v) is 2.84. The minimum Gasteiger partial charge on any atom is -0.369 e. The number of nitrogen functional groups attached to an aromatic ring is 1. The second kappa shape index (κ2) is 6.02. The molecule has 110 valence electrons. The highest BCUT2D eigenvalue weighted by Gasteiger charge is 2.15. The number of fused-ring (bicyclic) bond motifs is 1. The number of hydrogen-bond donors (Lipinski definition) is 1. The Bertz CT molecular complexity index is 581. The Morgan fingerprint density at radius 3 is 2.50 bits per heavy atom. The molecule has 0 aliphatic rings. The molecular weight excluding hydrogens is 272 g/mol. The van der Waals surface area contributed by atoms with Gasteiger partial charge in [0.05, 0.1) is 11.0 Å². The topological polar surface area (TPSA) is 47.1 Å². The van der Waals surface area contributed by atoms with Crippen LogP contribution in [-0.2, 0) is 6.54 Å². The van der Waals surface area contributed by atoms with Gasteiger partial charge in [-0.3, -0.25) is 4.90 Å². The maximum atomic E-state index is 6.07.